The first-order chi connectivity index (χ1) is 14.5. The van der Waals surface area contributed by atoms with E-state index in [1.165, 1.54) is 22.9 Å². The Morgan fingerprint density at radius 2 is 1.93 bits per heavy atom. The van der Waals surface area contributed by atoms with Crippen LogP contribution in [-0.4, -0.2) is 33.7 Å². The van der Waals surface area contributed by atoms with Gasteiger partial charge in [0.25, 0.3) is 0 Å². The zero-order valence-electron chi connectivity index (χ0n) is 17.1. The molecule has 154 valence electrons. The molecule has 30 heavy (non-hydrogen) atoms. The lowest BCUT2D eigenvalue weighted by molar-refractivity contribution is -0.117. The number of amides is 2. The fourth-order valence-electron chi connectivity index (χ4n) is 3.68. The topological polar surface area (TPSA) is 67.2 Å². The molecule has 1 aliphatic heterocycles. The first kappa shape index (κ1) is 20.2. The fourth-order valence-corrected chi connectivity index (χ4v) is 4.46. The van der Waals surface area contributed by atoms with E-state index in [1.807, 2.05) is 35.0 Å². The number of imidazole rings is 1. The van der Waals surface area contributed by atoms with Crippen molar-refractivity contribution in [1.82, 2.24) is 9.55 Å². The maximum absolute atomic E-state index is 12.5. The normalized spacial score (nSPS) is 13.7. The third-order valence-electron chi connectivity index (χ3n) is 4.94. The quantitative estimate of drug-likeness (QED) is 0.602. The zero-order valence-corrected chi connectivity index (χ0v) is 17.9. The SMILES string of the molecule is Cc1cc(C)cc(-n2ccnc2SCC(=O)Nc2cccc(N3CCCC3=O)c2)c1. The molecular formula is C23H24N4O2S. The number of nitrogens with one attached hydrogen (secondary N) is 1. The Hall–Kier alpha value is -3.06. The number of aromatic nitrogens is 2. The molecule has 1 aromatic heterocycles. The minimum atomic E-state index is -0.111. The smallest absolute Gasteiger partial charge is 0.234 e. The van der Waals surface area contributed by atoms with Crippen LogP contribution in [0.4, 0.5) is 11.4 Å². The Kier molecular flexibility index (Phi) is 5.90. The van der Waals surface area contributed by atoms with Crippen LogP contribution in [0.1, 0.15) is 24.0 Å². The van der Waals surface area contributed by atoms with E-state index in [9.17, 15) is 9.59 Å². The summed E-state index contributed by atoms with van der Waals surface area (Å²) >= 11 is 1.39. The van der Waals surface area contributed by atoms with Crippen LogP contribution in [0.2, 0.25) is 0 Å². The zero-order chi connectivity index (χ0) is 21.1. The molecule has 0 atom stereocenters. The molecular weight excluding hydrogens is 396 g/mol. The third-order valence-corrected chi connectivity index (χ3v) is 5.91. The highest BCUT2D eigenvalue weighted by molar-refractivity contribution is 7.99. The minimum absolute atomic E-state index is 0.111. The largest absolute Gasteiger partial charge is 0.325 e. The molecule has 2 aromatic carbocycles. The summed E-state index contributed by atoms with van der Waals surface area (Å²) in [5.74, 6) is 0.265. The maximum Gasteiger partial charge on any atom is 0.234 e. The Bertz CT molecular complexity index is 1070. The summed E-state index contributed by atoms with van der Waals surface area (Å²) in [5, 5.41) is 3.70. The molecule has 7 heteroatoms. The molecule has 4 rings (SSSR count). The van der Waals surface area contributed by atoms with Crippen LogP contribution in [0.15, 0.2) is 60.0 Å². The van der Waals surface area contributed by atoms with Gasteiger partial charge in [0.2, 0.25) is 11.8 Å². The van der Waals surface area contributed by atoms with Gasteiger partial charge in [-0.25, -0.2) is 4.98 Å². The molecule has 1 aliphatic rings. The van der Waals surface area contributed by atoms with E-state index < -0.39 is 0 Å². The molecule has 0 aliphatic carbocycles. The standard InChI is InChI=1S/C23H24N4O2S/c1-16-11-17(2)13-20(12-16)27-10-8-24-23(27)30-15-21(28)25-18-5-3-6-19(14-18)26-9-4-7-22(26)29/h3,5-6,8,10-14H,4,7,9,15H2,1-2H3,(H,25,28). The average molecular weight is 421 g/mol. The number of aryl methyl sites for hydroxylation is 2. The highest BCUT2D eigenvalue weighted by Gasteiger charge is 2.21. The van der Waals surface area contributed by atoms with Crippen molar-refractivity contribution in [2.45, 2.75) is 31.8 Å². The van der Waals surface area contributed by atoms with Crippen molar-refractivity contribution in [2.24, 2.45) is 0 Å². The van der Waals surface area contributed by atoms with Gasteiger partial charge in [-0.05, 0) is 61.7 Å². The van der Waals surface area contributed by atoms with Crippen molar-refractivity contribution in [3.05, 3.63) is 66.0 Å². The molecule has 0 saturated carbocycles. The van der Waals surface area contributed by atoms with Gasteiger partial charge < -0.3 is 10.2 Å². The fraction of sp³-hybridized carbons (Fsp3) is 0.261. The molecule has 1 N–H and O–H groups in total. The third kappa shape index (κ3) is 4.57. The summed E-state index contributed by atoms with van der Waals surface area (Å²) < 4.78 is 2.00. The van der Waals surface area contributed by atoms with Gasteiger partial charge in [-0.3, -0.25) is 14.2 Å². The highest BCUT2D eigenvalue weighted by atomic mass is 32.2. The van der Waals surface area contributed by atoms with Gasteiger partial charge in [0.15, 0.2) is 5.16 Å². The molecule has 3 aromatic rings. The second kappa shape index (κ2) is 8.75. The lowest BCUT2D eigenvalue weighted by Crippen LogP contribution is -2.23. The maximum atomic E-state index is 12.5. The van der Waals surface area contributed by atoms with Crippen molar-refractivity contribution in [3.63, 3.8) is 0 Å². The van der Waals surface area contributed by atoms with Crippen LogP contribution < -0.4 is 10.2 Å². The van der Waals surface area contributed by atoms with Gasteiger partial charge >= 0.3 is 0 Å². The summed E-state index contributed by atoms with van der Waals surface area (Å²) in [5.41, 5.74) is 4.92. The van der Waals surface area contributed by atoms with Crippen molar-refractivity contribution >= 4 is 35.0 Å². The van der Waals surface area contributed by atoms with E-state index >= 15 is 0 Å². The van der Waals surface area contributed by atoms with Gasteiger partial charge in [0.05, 0.1) is 5.75 Å². The number of hydrogen-bond donors (Lipinski definition) is 1. The van der Waals surface area contributed by atoms with Crippen LogP contribution >= 0.6 is 11.8 Å². The molecule has 1 saturated heterocycles. The Morgan fingerprint density at radius 1 is 1.13 bits per heavy atom. The Morgan fingerprint density at radius 3 is 2.67 bits per heavy atom. The Labute approximate surface area is 180 Å². The van der Waals surface area contributed by atoms with Crippen LogP contribution in [0.5, 0.6) is 0 Å². The molecule has 2 amide bonds. The molecule has 0 radical (unpaired) electrons. The van der Waals surface area contributed by atoms with E-state index in [-0.39, 0.29) is 17.6 Å². The summed E-state index contributed by atoms with van der Waals surface area (Å²) in [6.45, 7) is 4.86. The highest BCUT2D eigenvalue weighted by Crippen LogP contribution is 2.25. The van der Waals surface area contributed by atoms with Crippen LogP contribution in [0.3, 0.4) is 0 Å². The lowest BCUT2D eigenvalue weighted by atomic mass is 10.1. The second-order valence-electron chi connectivity index (χ2n) is 7.46. The number of thioether (sulfide) groups is 1. The van der Waals surface area contributed by atoms with Crippen LogP contribution in [0.25, 0.3) is 5.69 Å². The number of rotatable bonds is 6. The van der Waals surface area contributed by atoms with Crippen molar-refractivity contribution in [1.29, 1.82) is 0 Å². The first-order valence-electron chi connectivity index (χ1n) is 9.95. The number of carbonyl (C=O) groups excluding carboxylic acids is 2. The van der Waals surface area contributed by atoms with E-state index in [0.717, 1.165) is 29.5 Å². The van der Waals surface area contributed by atoms with Crippen molar-refractivity contribution in [3.8, 4) is 5.69 Å². The predicted octanol–water partition coefficient (Wildman–Crippen LogP) is 4.35. The van der Waals surface area contributed by atoms with Crippen molar-refractivity contribution in [2.75, 3.05) is 22.5 Å². The number of hydrogen-bond acceptors (Lipinski definition) is 4. The first-order valence-corrected chi connectivity index (χ1v) is 10.9. The van der Waals surface area contributed by atoms with Crippen molar-refractivity contribution < 1.29 is 9.59 Å². The van der Waals surface area contributed by atoms with Gasteiger partial charge in [0.1, 0.15) is 0 Å². The summed E-state index contributed by atoms with van der Waals surface area (Å²) in [4.78, 5) is 30.6. The summed E-state index contributed by atoms with van der Waals surface area (Å²) in [6.07, 6.45) is 5.11. The van der Waals surface area contributed by atoms with E-state index in [1.54, 1.807) is 11.1 Å². The Balaban J connectivity index is 1.41. The van der Waals surface area contributed by atoms with E-state index in [2.05, 4.69) is 42.3 Å². The monoisotopic (exact) mass is 420 g/mol. The number of nitrogens with zero attached hydrogens (tertiary/aromatic N) is 3. The van der Waals surface area contributed by atoms with Gasteiger partial charge in [-0.15, -0.1) is 0 Å². The predicted molar refractivity (Wildman–Crippen MR) is 120 cm³/mol. The average Bonchev–Trinajstić information content (AvgIpc) is 3.34. The minimum Gasteiger partial charge on any atom is -0.325 e. The number of benzene rings is 2. The molecule has 2 heterocycles. The molecule has 1 fully saturated rings. The van der Waals surface area contributed by atoms with Gasteiger partial charge in [-0.2, -0.15) is 0 Å². The van der Waals surface area contributed by atoms with Crippen LogP contribution in [-0.2, 0) is 9.59 Å². The second-order valence-corrected chi connectivity index (χ2v) is 8.40. The lowest BCUT2D eigenvalue weighted by Gasteiger charge is -2.16. The van der Waals surface area contributed by atoms with Gasteiger partial charge in [-0.1, -0.05) is 23.9 Å². The molecule has 0 bridgehead atoms. The number of anilines is 2. The molecule has 6 nitrogen and oxygen atoms in total. The molecule has 0 spiro atoms. The number of carbonyl (C=O) groups is 2. The van der Waals surface area contributed by atoms with E-state index in [4.69, 9.17) is 0 Å². The van der Waals surface area contributed by atoms with E-state index in [0.29, 0.717) is 12.1 Å². The summed E-state index contributed by atoms with van der Waals surface area (Å²) in [6, 6.07) is 13.8. The van der Waals surface area contributed by atoms with Gasteiger partial charge in [0, 0.05) is 42.4 Å². The van der Waals surface area contributed by atoms with Crippen LogP contribution in [0, 0.1) is 13.8 Å². The summed E-state index contributed by atoms with van der Waals surface area (Å²) in [7, 11) is 0. The molecule has 0 unspecified atom stereocenters.